The van der Waals surface area contributed by atoms with Crippen molar-refractivity contribution in [1.82, 2.24) is 25.5 Å². The summed E-state index contributed by atoms with van der Waals surface area (Å²) in [5.41, 5.74) is 0.691. The number of carbonyl (C=O) groups excluding carboxylic acids is 2. The number of aryl methyl sites for hydroxylation is 1. The van der Waals surface area contributed by atoms with E-state index in [9.17, 15) is 9.59 Å². The molecule has 7 nitrogen and oxygen atoms in total. The number of amides is 2. The molecular weight excluding hydrogens is 258 g/mol. The van der Waals surface area contributed by atoms with Crippen molar-refractivity contribution in [2.45, 2.75) is 19.9 Å². The van der Waals surface area contributed by atoms with Crippen molar-refractivity contribution in [3.05, 3.63) is 23.8 Å². The van der Waals surface area contributed by atoms with Crippen LogP contribution in [0.1, 0.15) is 17.9 Å². The summed E-state index contributed by atoms with van der Waals surface area (Å²) < 4.78 is 0. The lowest BCUT2D eigenvalue weighted by molar-refractivity contribution is -0.145. The van der Waals surface area contributed by atoms with E-state index in [-0.39, 0.29) is 6.54 Å². The van der Waals surface area contributed by atoms with Crippen molar-refractivity contribution in [3.63, 3.8) is 0 Å². The molecule has 0 radical (unpaired) electrons. The zero-order valence-corrected chi connectivity index (χ0v) is 11.6. The Morgan fingerprint density at radius 1 is 1.40 bits per heavy atom. The van der Waals surface area contributed by atoms with E-state index in [0.29, 0.717) is 24.6 Å². The van der Waals surface area contributed by atoms with Crippen LogP contribution in [0, 0.1) is 6.92 Å². The zero-order chi connectivity index (χ0) is 14.4. The Morgan fingerprint density at radius 2 is 2.25 bits per heavy atom. The normalized spacial score (nSPS) is 15.6. The van der Waals surface area contributed by atoms with Gasteiger partial charge in [-0.1, -0.05) is 0 Å². The van der Waals surface area contributed by atoms with Crippen LogP contribution in [0.5, 0.6) is 0 Å². The van der Waals surface area contributed by atoms with Gasteiger partial charge in [0.15, 0.2) is 0 Å². The van der Waals surface area contributed by atoms with Crippen molar-refractivity contribution in [2.24, 2.45) is 0 Å². The van der Waals surface area contributed by atoms with Gasteiger partial charge in [0, 0.05) is 25.8 Å². The largest absolute Gasteiger partial charge is 0.342 e. The summed E-state index contributed by atoms with van der Waals surface area (Å²) in [7, 11) is 0. The first-order chi connectivity index (χ1) is 9.66. The maximum atomic E-state index is 12.0. The van der Waals surface area contributed by atoms with Crippen LogP contribution in [0.4, 0.5) is 0 Å². The molecule has 20 heavy (non-hydrogen) atoms. The Morgan fingerprint density at radius 3 is 3.05 bits per heavy atom. The fraction of sp³-hybridized carbons (Fsp3) is 0.538. The third kappa shape index (κ3) is 3.99. The van der Waals surface area contributed by atoms with Gasteiger partial charge in [0.2, 0.25) is 0 Å². The molecular formula is C13H19N5O2. The van der Waals surface area contributed by atoms with Gasteiger partial charge in [0.25, 0.3) is 0 Å². The molecule has 0 bridgehead atoms. The van der Waals surface area contributed by atoms with Crippen LogP contribution in [-0.2, 0) is 16.1 Å². The van der Waals surface area contributed by atoms with Crippen molar-refractivity contribution in [1.29, 1.82) is 0 Å². The molecule has 2 N–H and O–H groups in total. The molecule has 7 heteroatoms. The maximum absolute atomic E-state index is 12.0. The highest BCUT2D eigenvalue weighted by Crippen LogP contribution is 1.98. The predicted octanol–water partition coefficient (Wildman–Crippen LogP) is -0.777. The highest BCUT2D eigenvalue weighted by molar-refractivity contribution is 6.34. The van der Waals surface area contributed by atoms with Crippen LogP contribution in [0.25, 0.3) is 0 Å². The molecule has 108 valence electrons. The van der Waals surface area contributed by atoms with Gasteiger partial charge in [-0.15, -0.1) is 0 Å². The molecule has 2 rings (SSSR count). The Labute approximate surface area is 117 Å². The second-order valence-electron chi connectivity index (χ2n) is 4.67. The van der Waals surface area contributed by atoms with Crippen LogP contribution in [0.15, 0.2) is 12.3 Å². The van der Waals surface area contributed by atoms with E-state index in [4.69, 9.17) is 0 Å². The lowest BCUT2D eigenvalue weighted by atomic mass is 10.3. The van der Waals surface area contributed by atoms with Crippen LogP contribution in [-0.4, -0.2) is 52.9 Å². The van der Waals surface area contributed by atoms with E-state index >= 15 is 0 Å². The quantitative estimate of drug-likeness (QED) is 0.693. The first kappa shape index (κ1) is 14.4. The monoisotopic (exact) mass is 277 g/mol. The number of aromatic nitrogens is 2. The molecule has 1 saturated heterocycles. The standard InChI is InChI=1S/C13H19N5O2/c1-10-15-5-3-11(17-10)9-16-12(19)13(20)18-7-2-4-14-6-8-18/h3,5,14H,2,4,6-9H2,1H3,(H,16,19). The highest BCUT2D eigenvalue weighted by atomic mass is 16.2. The first-order valence-corrected chi connectivity index (χ1v) is 6.73. The second-order valence-corrected chi connectivity index (χ2v) is 4.67. The third-order valence-electron chi connectivity index (χ3n) is 3.09. The minimum atomic E-state index is -0.580. The van der Waals surface area contributed by atoms with Gasteiger partial charge in [-0.05, 0) is 26.0 Å². The fourth-order valence-electron chi connectivity index (χ4n) is 2.04. The molecule has 0 aromatic carbocycles. The lowest BCUT2D eigenvalue weighted by Crippen LogP contribution is -2.44. The van der Waals surface area contributed by atoms with Gasteiger partial charge in [0.05, 0.1) is 12.2 Å². The van der Waals surface area contributed by atoms with Crippen molar-refractivity contribution in [3.8, 4) is 0 Å². The Kier molecular flexibility index (Phi) is 5.00. The second kappa shape index (κ2) is 6.95. The summed E-state index contributed by atoms with van der Waals surface area (Å²) in [6.45, 7) is 4.81. The van der Waals surface area contributed by atoms with Crippen LogP contribution >= 0.6 is 0 Å². The summed E-state index contributed by atoms with van der Waals surface area (Å²) in [6, 6.07) is 1.72. The van der Waals surface area contributed by atoms with Crippen molar-refractivity contribution >= 4 is 11.8 Å². The summed E-state index contributed by atoms with van der Waals surface area (Å²) in [5.74, 6) is -0.413. The van der Waals surface area contributed by atoms with Crippen molar-refractivity contribution < 1.29 is 9.59 Å². The molecule has 0 atom stereocenters. The number of hydrogen-bond acceptors (Lipinski definition) is 5. The third-order valence-corrected chi connectivity index (χ3v) is 3.09. The van der Waals surface area contributed by atoms with Crippen LogP contribution < -0.4 is 10.6 Å². The average molecular weight is 277 g/mol. The van der Waals surface area contributed by atoms with Gasteiger partial charge in [-0.2, -0.15) is 0 Å². The topological polar surface area (TPSA) is 87.2 Å². The summed E-state index contributed by atoms with van der Waals surface area (Å²) in [6.07, 6.45) is 2.50. The SMILES string of the molecule is Cc1nccc(CNC(=O)C(=O)N2CCCNCC2)n1. The van der Waals surface area contributed by atoms with E-state index in [1.807, 2.05) is 0 Å². The minimum absolute atomic E-state index is 0.236. The molecule has 1 fully saturated rings. The molecule has 0 saturated carbocycles. The summed E-state index contributed by atoms with van der Waals surface area (Å²) in [4.78, 5) is 33.6. The van der Waals surface area contributed by atoms with Crippen LogP contribution in [0.2, 0.25) is 0 Å². The van der Waals surface area contributed by atoms with E-state index in [1.165, 1.54) is 0 Å². The minimum Gasteiger partial charge on any atom is -0.342 e. The number of nitrogens with one attached hydrogen (secondary N) is 2. The van der Waals surface area contributed by atoms with Gasteiger partial charge in [0.1, 0.15) is 5.82 Å². The highest BCUT2D eigenvalue weighted by Gasteiger charge is 2.22. The smallest absolute Gasteiger partial charge is 0.311 e. The number of nitrogens with zero attached hydrogens (tertiary/aromatic N) is 3. The van der Waals surface area contributed by atoms with E-state index < -0.39 is 11.8 Å². The molecule has 1 aliphatic rings. The Bertz CT molecular complexity index is 483. The molecule has 1 aromatic heterocycles. The lowest BCUT2D eigenvalue weighted by Gasteiger charge is -2.19. The van der Waals surface area contributed by atoms with E-state index in [0.717, 1.165) is 19.5 Å². The van der Waals surface area contributed by atoms with Gasteiger partial charge >= 0.3 is 11.8 Å². The molecule has 0 aliphatic carbocycles. The molecule has 1 aliphatic heterocycles. The molecule has 1 aromatic rings. The maximum Gasteiger partial charge on any atom is 0.311 e. The Hall–Kier alpha value is -2.02. The Balaban J connectivity index is 1.86. The zero-order valence-electron chi connectivity index (χ0n) is 11.6. The molecule has 0 unspecified atom stereocenters. The van der Waals surface area contributed by atoms with Gasteiger partial charge in [-0.3, -0.25) is 9.59 Å². The van der Waals surface area contributed by atoms with Gasteiger partial charge < -0.3 is 15.5 Å². The van der Waals surface area contributed by atoms with E-state index in [2.05, 4.69) is 20.6 Å². The fourth-order valence-corrected chi connectivity index (χ4v) is 2.04. The number of carbonyl (C=O) groups is 2. The summed E-state index contributed by atoms with van der Waals surface area (Å²) >= 11 is 0. The first-order valence-electron chi connectivity index (χ1n) is 6.73. The van der Waals surface area contributed by atoms with Crippen molar-refractivity contribution in [2.75, 3.05) is 26.2 Å². The average Bonchev–Trinajstić information content (AvgIpc) is 2.73. The number of rotatable bonds is 2. The van der Waals surface area contributed by atoms with Gasteiger partial charge in [-0.25, -0.2) is 9.97 Å². The molecule has 2 amide bonds. The summed E-state index contributed by atoms with van der Waals surface area (Å²) in [5, 5.41) is 5.80. The predicted molar refractivity (Wildman–Crippen MR) is 72.7 cm³/mol. The van der Waals surface area contributed by atoms with E-state index in [1.54, 1.807) is 24.1 Å². The molecule has 2 heterocycles. The molecule has 0 spiro atoms. The number of hydrogen-bond donors (Lipinski definition) is 2. The van der Waals surface area contributed by atoms with Crippen LogP contribution in [0.3, 0.4) is 0 Å².